The summed E-state index contributed by atoms with van der Waals surface area (Å²) in [7, 11) is 0. The molecule has 0 saturated carbocycles. The maximum absolute atomic E-state index is 12.2. The SMILES string of the molecule is CC1(O)CCCN(C(=O)c2ccc(=O)[nH]c2)CC1. The molecule has 1 aliphatic rings. The summed E-state index contributed by atoms with van der Waals surface area (Å²) in [6.45, 7) is 3.00. The van der Waals surface area contributed by atoms with Crippen LogP contribution < -0.4 is 5.56 Å². The number of rotatable bonds is 1. The van der Waals surface area contributed by atoms with Crippen molar-refractivity contribution in [3.8, 4) is 0 Å². The minimum Gasteiger partial charge on any atom is -0.390 e. The first-order chi connectivity index (χ1) is 8.48. The van der Waals surface area contributed by atoms with Gasteiger partial charge in [0.2, 0.25) is 5.56 Å². The first-order valence-corrected chi connectivity index (χ1v) is 6.18. The molecule has 0 radical (unpaired) electrons. The molecule has 5 heteroatoms. The van der Waals surface area contributed by atoms with E-state index in [2.05, 4.69) is 4.98 Å². The van der Waals surface area contributed by atoms with Gasteiger partial charge in [-0.25, -0.2) is 0 Å². The van der Waals surface area contributed by atoms with E-state index in [9.17, 15) is 14.7 Å². The summed E-state index contributed by atoms with van der Waals surface area (Å²) in [6, 6.07) is 2.88. The summed E-state index contributed by atoms with van der Waals surface area (Å²) >= 11 is 0. The molecule has 1 saturated heterocycles. The molecule has 5 nitrogen and oxygen atoms in total. The second kappa shape index (κ2) is 4.94. The molecule has 2 rings (SSSR count). The van der Waals surface area contributed by atoms with E-state index >= 15 is 0 Å². The molecule has 1 aromatic heterocycles. The molecule has 0 spiro atoms. The zero-order chi connectivity index (χ0) is 13.2. The highest BCUT2D eigenvalue weighted by Gasteiger charge is 2.27. The van der Waals surface area contributed by atoms with E-state index in [0.29, 0.717) is 31.5 Å². The molecule has 2 N–H and O–H groups in total. The van der Waals surface area contributed by atoms with Gasteiger partial charge in [0.15, 0.2) is 0 Å². The van der Waals surface area contributed by atoms with Crippen LogP contribution in [-0.2, 0) is 0 Å². The maximum atomic E-state index is 12.2. The number of hydrogen-bond acceptors (Lipinski definition) is 3. The van der Waals surface area contributed by atoms with Crippen molar-refractivity contribution in [1.82, 2.24) is 9.88 Å². The molecule has 18 heavy (non-hydrogen) atoms. The summed E-state index contributed by atoms with van der Waals surface area (Å²) in [5, 5.41) is 9.98. The summed E-state index contributed by atoms with van der Waals surface area (Å²) in [6.07, 6.45) is 3.53. The van der Waals surface area contributed by atoms with Crippen molar-refractivity contribution in [3.05, 3.63) is 34.2 Å². The van der Waals surface area contributed by atoms with E-state index in [1.807, 2.05) is 0 Å². The number of likely N-dealkylation sites (tertiary alicyclic amines) is 1. The van der Waals surface area contributed by atoms with E-state index < -0.39 is 5.60 Å². The van der Waals surface area contributed by atoms with Crippen LogP contribution in [0.15, 0.2) is 23.1 Å². The monoisotopic (exact) mass is 250 g/mol. The van der Waals surface area contributed by atoms with Crippen LogP contribution in [0.5, 0.6) is 0 Å². The summed E-state index contributed by atoms with van der Waals surface area (Å²) in [5.74, 6) is -0.0936. The predicted octanol–water partition coefficient (Wildman–Crippen LogP) is 0.752. The first-order valence-electron chi connectivity index (χ1n) is 6.18. The number of nitrogens with one attached hydrogen (secondary N) is 1. The van der Waals surface area contributed by atoms with Crippen molar-refractivity contribution in [2.75, 3.05) is 13.1 Å². The lowest BCUT2D eigenvalue weighted by Gasteiger charge is -2.22. The fourth-order valence-electron chi connectivity index (χ4n) is 2.19. The molecule has 1 aliphatic heterocycles. The van der Waals surface area contributed by atoms with Crippen molar-refractivity contribution in [2.24, 2.45) is 0 Å². The Labute approximate surface area is 105 Å². The second-order valence-corrected chi connectivity index (χ2v) is 5.08. The number of H-pyrrole nitrogens is 1. The van der Waals surface area contributed by atoms with Gasteiger partial charge in [0, 0.05) is 25.4 Å². The average molecular weight is 250 g/mol. The Morgan fingerprint density at radius 1 is 1.39 bits per heavy atom. The van der Waals surface area contributed by atoms with Crippen molar-refractivity contribution in [1.29, 1.82) is 0 Å². The van der Waals surface area contributed by atoms with Crippen molar-refractivity contribution in [3.63, 3.8) is 0 Å². The minimum atomic E-state index is -0.681. The third-order valence-corrected chi connectivity index (χ3v) is 3.38. The van der Waals surface area contributed by atoms with Crippen LogP contribution in [0, 0.1) is 0 Å². The van der Waals surface area contributed by atoms with Crippen LogP contribution in [0.4, 0.5) is 0 Å². The second-order valence-electron chi connectivity index (χ2n) is 5.08. The van der Waals surface area contributed by atoms with E-state index in [4.69, 9.17) is 0 Å². The number of carbonyl (C=O) groups is 1. The summed E-state index contributed by atoms with van der Waals surface area (Å²) in [4.78, 5) is 27.4. The third kappa shape index (κ3) is 2.98. The maximum Gasteiger partial charge on any atom is 0.255 e. The number of hydrogen-bond donors (Lipinski definition) is 2. The number of carbonyl (C=O) groups excluding carboxylic acids is 1. The van der Waals surface area contributed by atoms with Crippen LogP contribution in [0.3, 0.4) is 0 Å². The molecule has 0 aromatic carbocycles. The van der Waals surface area contributed by atoms with Gasteiger partial charge in [0.1, 0.15) is 0 Å². The van der Waals surface area contributed by atoms with Gasteiger partial charge in [-0.3, -0.25) is 9.59 Å². The van der Waals surface area contributed by atoms with Crippen LogP contribution in [0.2, 0.25) is 0 Å². The molecule has 98 valence electrons. The van der Waals surface area contributed by atoms with Crippen LogP contribution in [0.1, 0.15) is 36.5 Å². The van der Waals surface area contributed by atoms with Gasteiger partial charge in [0.05, 0.1) is 11.2 Å². The summed E-state index contributed by atoms with van der Waals surface area (Å²) < 4.78 is 0. The molecule has 0 bridgehead atoms. The minimum absolute atomic E-state index is 0.0936. The Bertz CT molecular complexity index is 473. The van der Waals surface area contributed by atoms with Crippen LogP contribution in [-0.4, -0.2) is 39.6 Å². The van der Waals surface area contributed by atoms with Crippen LogP contribution in [0.25, 0.3) is 0 Å². The fourth-order valence-corrected chi connectivity index (χ4v) is 2.19. The van der Waals surface area contributed by atoms with E-state index in [1.54, 1.807) is 11.8 Å². The van der Waals surface area contributed by atoms with E-state index in [1.165, 1.54) is 18.3 Å². The quantitative estimate of drug-likeness (QED) is 0.772. The highest BCUT2D eigenvalue weighted by Crippen LogP contribution is 2.22. The Morgan fingerprint density at radius 3 is 2.83 bits per heavy atom. The van der Waals surface area contributed by atoms with Gasteiger partial charge in [0.25, 0.3) is 5.91 Å². The number of aromatic nitrogens is 1. The Kier molecular flexibility index (Phi) is 3.52. The largest absolute Gasteiger partial charge is 0.390 e. The average Bonchev–Trinajstić information content (AvgIpc) is 2.50. The predicted molar refractivity (Wildman–Crippen MR) is 67.4 cm³/mol. The lowest BCUT2D eigenvalue weighted by molar-refractivity contribution is 0.0438. The highest BCUT2D eigenvalue weighted by molar-refractivity contribution is 5.93. The molecule has 1 unspecified atom stereocenters. The number of aliphatic hydroxyl groups is 1. The normalized spacial score (nSPS) is 24.7. The zero-order valence-corrected chi connectivity index (χ0v) is 10.5. The topological polar surface area (TPSA) is 73.4 Å². The first kappa shape index (κ1) is 12.8. The van der Waals surface area contributed by atoms with Gasteiger partial charge in [-0.15, -0.1) is 0 Å². The number of pyridine rings is 1. The van der Waals surface area contributed by atoms with Crippen molar-refractivity contribution in [2.45, 2.75) is 31.8 Å². The number of nitrogens with zero attached hydrogens (tertiary/aromatic N) is 1. The highest BCUT2D eigenvalue weighted by atomic mass is 16.3. The Balaban J connectivity index is 2.09. The van der Waals surface area contributed by atoms with E-state index in [0.717, 1.165) is 6.42 Å². The van der Waals surface area contributed by atoms with Crippen molar-refractivity contribution >= 4 is 5.91 Å². The molecule has 1 amide bonds. The molecule has 1 aromatic rings. The lowest BCUT2D eigenvalue weighted by atomic mass is 9.98. The van der Waals surface area contributed by atoms with Gasteiger partial charge >= 0.3 is 0 Å². The smallest absolute Gasteiger partial charge is 0.255 e. The summed E-state index contributed by atoms with van der Waals surface area (Å²) in [5.41, 5.74) is -0.415. The third-order valence-electron chi connectivity index (χ3n) is 3.38. The number of aromatic amines is 1. The lowest BCUT2D eigenvalue weighted by Crippen LogP contribution is -2.33. The van der Waals surface area contributed by atoms with Crippen LogP contribution >= 0.6 is 0 Å². The van der Waals surface area contributed by atoms with E-state index in [-0.39, 0.29) is 11.5 Å². The molecular formula is C13H18N2O3. The standard InChI is InChI=1S/C13H18N2O3/c1-13(18)5-2-7-15(8-6-13)12(17)10-3-4-11(16)14-9-10/h3-4,9,18H,2,5-8H2,1H3,(H,14,16). The van der Waals surface area contributed by atoms with Gasteiger partial charge in [-0.2, -0.15) is 0 Å². The number of amides is 1. The van der Waals surface area contributed by atoms with Crippen molar-refractivity contribution < 1.29 is 9.90 Å². The molecular weight excluding hydrogens is 232 g/mol. The molecule has 1 fully saturated rings. The Morgan fingerprint density at radius 2 is 2.17 bits per heavy atom. The fraction of sp³-hybridized carbons (Fsp3) is 0.538. The molecule has 2 heterocycles. The zero-order valence-electron chi connectivity index (χ0n) is 10.5. The molecule has 0 aliphatic carbocycles. The van der Waals surface area contributed by atoms with Gasteiger partial charge in [-0.1, -0.05) is 0 Å². The Hall–Kier alpha value is -1.62. The van der Waals surface area contributed by atoms with Gasteiger partial charge in [-0.05, 0) is 32.3 Å². The van der Waals surface area contributed by atoms with Gasteiger partial charge < -0.3 is 15.0 Å². The molecule has 1 atom stereocenters.